The van der Waals surface area contributed by atoms with Crippen molar-refractivity contribution < 1.29 is 23.9 Å². The van der Waals surface area contributed by atoms with E-state index in [4.69, 9.17) is 9.47 Å². The average Bonchev–Trinajstić information content (AvgIpc) is 3.12. The summed E-state index contributed by atoms with van der Waals surface area (Å²) >= 11 is 0. The molecule has 2 aromatic carbocycles. The molecule has 1 aliphatic heterocycles. The molecule has 176 valence electrons. The number of hydrogen-bond acceptors (Lipinski definition) is 5. The van der Waals surface area contributed by atoms with Crippen LogP contribution in [0.5, 0.6) is 0 Å². The number of rotatable bonds is 7. The van der Waals surface area contributed by atoms with Crippen LogP contribution in [0.25, 0.3) is 0 Å². The van der Waals surface area contributed by atoms with E-state index in [1.807, 2.05) is 36.4 Å². The summed E-state index contributed by atoms with van der Waals surface area (Å²) in [7, 11) is 1.26. The van der Waals surface area contributed by atoms with Crippen LogP contribution in [0.3, 0.4) is 0 Å². The number of imide groups is 1. The summed E-state index contributed by atoms with van der Waals surface area (Å²) in [5.74, 6) is -1.17. The Morgan fingerprint density at radius 2 is 1.55 bits per heavy atom. The zero-order valence-electron chi connectivity index (χ0n) is 19.8. The van der Waals surface area contributed by atoms with E-state index in [-0.39, 0.29) is 18.2 Å². The van der Waals surface area contributed by atoms with Crippen molar-refractivity contribution in [3.8, 4) is 0 Å². The molecule has 0 aliphatic carbocycles. The highest BCUT2D eigenvalue weighted by molar-refractivity contribution is 6.00. The molecule has 0 aromatic heterocycles. The number of ether oxygens (including phenoxy) is 2. The Morgan fingerprint density at radius 1 is 1.00 bits per heavy atom. The quantitative estimate of drug-likeness (QED) is 0.533. The molecule has 0 spiro atoms. The van der Waals surface area contributed by atoms with Gasteiger partial charge in [-0.15, -0.1) is 0 Å². The lowest BCUT2D eigenvalue weighted by Crippen LogP contribution is -2.46. The van der Waals surface area contributed by atoms with Crippen LogP contribution in [-0.2, 0) is 19.1 Å². The van der Waals surface area contributed by atoms with E-state index in [2.05, 4.69) is 24.3 Å². The smallest absolute Gasteiger partial charge is 0.417 e. The highest BCUT2D eigenvalue weighted by Gasteiger charge is 2.48. The molecule has 0 radical (unpaired) electrons. The van der Waals surface area contributed by atoms with Crippen molar-refractivity contribution in [2.75, 3.05) is 7.11 Å². The van der Waals surface area contributed by atoms with Crippen molar-refractivity contribution in [1.29, 1.82) is 0 Å². The SMILES string of the molecule is COC(=O)[C@@H]1C[C@H](CCCC(c2ccccc2)c2ccccc2)C(=O)N1C(=O)OC(C)(C)C. The molecule has 0 N–H and O–H groups in total. The monoisotopic (exact) mass is 451 g/mol. The maximum atomic E-state index is 13.1. The summed E-state index contributed by atoms with van der Waals surface area (Å²) in [6.07, 6.45) is 1.68. The lowest BCUT2D eigenvalue weighted by molar-refractivity contribution is -0.148. The Kier molecular flexibility index (Phi) is 7.90. The third-order valence-electron chi connectivity index (χ3n) is 5.92. The van der Waals surface area contributed by atoms with E-state index in [1.165, 1.54) is 18.2 Å². The fourth-order valence-corrected chi connectivity index (χ4v) is 4.40. The van der Waals surface area contributed by atoms with E-state index in [0.717, 1.165) is 17.7 Å². The van der Waals surface area contributed by atoms with Crippen LogP contribution in [0.1, 0.15) is 63.5 Å². The summed E-state index contributed by atoms with van der Waals surface area (Å²) < 4.78 is 10.2. The number of carbonyl (C=O) groups is 3. The number of hydrogen-bond donors (Lipinski definition) is 0. The standard InChI is InChI=1S/C27H33NO5/c1-27(2,3)33-26(31)28-23(25(30)32-4)18-21(24(28)29)16-11-17-22(19-12-7-5-8-13-19)20-14-9-6-10-15-20/h5-10,12-15,21-23H,11,16-18H2,1-4H3/t21-,23-/m0/s1. The van der Waals surface area contributed by atoms with Crippen molar-refractivity contribution >= 4 is 18.0 Å². The minimum atomic E-state index is -0.943. The van der Waals surface area contributed by atoms with Crippen LogP contribution in [-0.4, -0.2) is 41.6 Å². The molecule has 6 heteroatoms. The van der Waals surface area contributed by atoms with Gasteiger partial charge in [0, 0.05) is 11.8 Å². The second-order valence-corrected chi connectivity index (χ2v) is 9.47. The van der Waals surface area contributed by atoms with Crippen LogP contribution in [0.15, 0.2) is 60.7 Å². The Morgan fingerprint density at radius 3 is 2.03 bits per heavy atom. The summed E-state index contributed by atoms with van der Waals surface area (Å²) in [4.78, 5) is 39.0. The first-order chi connectivity index (χ1) is 15.7. The molecule has 1 aliphatic rings. The van der Waals surface area contributed by atoms with Crippen LogP contribution < -0.4 is 0 Å². The van der Waals surface area contributed by atoms with Gasteiger partial charge in [-0.05, 0) is 51.2 Å². The number of esters is 1. The highest BCUT2D eigenvalue weighted by Crippen LogP contribution is 2.34. The Bertz CT molecular complexity index is 912. The highest BCUT2D eigenvalue weighted by atomic mass is 16.6. The minimum absolute atomic E-state index is 0.210. The average molecular weight is 452 g/mol. The van der Waals surface area contributed by atoms with E-state index >= 15 is 0 Å². The van der Waals surface area contributed by atoms with E-state index < -0.39 is 29.6 Å². The topological polar surface area (TPSA) is 72.9 Å². The zero-order valence-corrected chi connectivity index (χ0v) is 19.8. The molecule has 2 amide bonds. The van der Waals surface area contributed by atoms with Gasteiger partial charge >= 0.3 is 12.1 Å². The predicted molar refractivity (Wildman–Crippen MR) is 126 cm³/mol. The summed E-state index contributed by atoms with van der Waals surface area (Å²) in [6.45, 7) is 5.18. The Hall–Kier alpha value is -3.15. The third-order valence-corrected chi connectivity index (χ3v) is 5.92. The van der Waals surface area contributed by atoms with Gasteiger partial charge in [0.15, 0.2) is 0 Å². The molecule has 0 bridgehead atoms. The van der Waals surface area contributed by atoms with Crippen LogP contribution in [0.4, 0.5) is 4.79 Å². The zero-order chi connectivity index (χ0) is 24.0. The first-order valence-electron chi connectivity index (χ1n) is 11.4. The molecule has 0 saturated carbocycles. The molecular weight excluding hydrogens is 418 g/mol. The van der Waals surface area contributed by atoms with E-state index in [1.54, 1.807) is 20.8 Å². The van der Waals surface area contributed by atoms with Gasteiger partial charge in [-0.2, -0.15) is 0 Å². The van der Waals surface area contributed by atoms with Crippen molar-refractivity contribution in [3.05, 3.63) is 71.8 Å². The van der Waals surface area contributed by atoms with Crippen LogP contribution >= 0.6 is 0 Å². The fourth-order valence-electron chi connectivity index (χ4n) is 4.40. The number of carbonyl (C=O) groups excluding carboxylic acids is 3. The van der Waals surface area contributed by atoms with Gasteiger partial charge in [0.1, 0.15) is 11.6 Å². The molecule has 0 unspecified atom stereocenters. The second kappa shape index (κ2) is 10.6. The maximum Gasteiger partial charge on any atom is 0.417 e. The van der Waals surface area contributed by atoms with Gasteiger partial charge < -0.3 is 9.47 Å². The second-order valence-electron chi connectivity index (χ2n) is 9.47. The Balaban J connectivity index is 1.71. The summed E-state index contributed by atoms with van der Waals surface area (Å²) in [6, 6.07) is 19.7. The molecule has 33 heavy (non-hydrogen) atoms. The molecule has 2 aromatic rings. The first-order valence-corrected chi connectivity index (χ1v) is 11.4. The number of methoxy groups -OCH3 is 1. The normalized spacial score (nSPS) is 18.5. The maximum absolute atomic E-state index is 13.1. The number of likely N-dealkylation sites (tertiary alicyclic amines) is 1. The van der Waals surface area contributed by atoms with Gasteiger partial charge in [-0.3, -0.25) is 4.79 Å². The van der Waals surface area contributed by atoms with Gasteiger partial charge in [-0.1, -0.05) is 67.1 Å². The lowest BCUT2D eigenvalue weighted by atomic mass is 9.85. The molecule has 6 nitrogen and oxygen atoms in total. The van der Waals surface area contributed by atoms with Crippen molar-refractivity contribution in [2.45, 2.75) is 64.0 Å². The van der Waals surface area contributed by atoms with Crippen LogP contribution in [0.2, 0.25) is 0 Å². The Labute approximate surface area is 195 Å². The van der Waals surface area contributed by atoms with E-state index in [9.17, 15) is 14.4 Å². The number of nitrogens with zero attached hydrogens (tertiary/aromatic N) is 1. The molecular formula is C27H33NO5. The summed E-state index contributed by atoms with van der Waals surface area (Å²) in [5.41, 5.74) is 1.68. The van der Waals surface area contributed by atoms with Gasteiger partial charge in [-0.25, -0.2) is 14.5 Å². The van der Waals surface area contributed by atoms with Crippen molar-refractivity contribution in [1.82, 2.24) is 4.90 Å². The van der Waals surface area contributed by atoms with Gasteiger partial charge in [0.2, 0.25) is 5.91 Å². The third kappa shape index (κ3) is 6.21. The predicted octanol–water partition coefficient (Wildman–Crippen LogP) is 5.31. The molecule has 3 rings (SSSR count). The summed E-state index contributed by atoms with van der Waals surface area (Å²) in [5, 5.41) is 0. The number of benzene rings is 2. The molecule has 2 atom stereocenters. The van der Waals surface area contributed by atoms with Crippen molar-refractivity contribution in [2.24, 2.45) is 5.92 Å². The number of amides is 2. The largest absolute Gasteiger partial charge is 0.467 e. The molecule has 1 saturated heterocycles. The van der Waals surface area contributed by atoms with Crippen molar-refractivity contribution in [3.63, 3.8) is 0 Å². The minimum Gasteiger partial charge on any atom is -0.467 e. The molecule has 1 heterocycles. The first kappa shape index (κ1) is 24.5. The van der Waals surface area contributed by atoms with E-state index in [0.29, 0.717) is 6.42 Å². The fraction of sp³-hybridized carbons (Fsp3) is 0.444. The van der Waals surface area contributed by atoms with Crippen LogP contribution in [0, 0.1) is 5.92 Å². The molecule has 1 fully saturated rings. The van der Waals surface area contributed by atoms with Gasteiger partial charge in [0.05, 0.1) is 7.11 Å². The van der Waals surface area contributed by atoms with Gasteiger partial charge in [0.25, 0.3) is 0 Å². The lowest BCUT2D eigenvalue weighted by Gasteiger charge is -2.26.